The summed E-state index contributed by atoms with van der Waals surface area (Å²) in [5.41, 5.74) is 0.440. The molecule has 5 heteroatoms. The summed E-state index contributed by atoms with van der Waals surface area (Å²) in [5, 5.41) is 12.0. The average molecular weight is 269 g/mol. The van der Waals surface area contributed by atoms with Gasteiger partial charge in [-0.25, -0.2) is 8.78 Å². The molecule has 0 aromatic heterocycles. The maximum Gasteiger partial charge on any atom is 0.224 e. The molecule has 0 saturated heterocycles. The number of halogens is 2. The van der Waals surface area contributed by atoms with E-state index < -0.39 is 11.6 Å². The molecule has 0 aliphatic heterocycles. The van der Waals surface area contributed by atoms with Crippen LogP contribution in [-0.2, 0) is 11.2 Å². The first-order valence-electron chi connectivity index (χ1n) is 6.44. The van der Waals surface area contributed by atoms with Gasteiger partial charge in [-0.1, -0.05) is 12.5 Å². The number of hydrogen-bond acceptors (Lipinski definition) is 2. The lowest BCUT2D eigenvalue weighted by Gasteiger charge is -2.19. The van der Waals surface area contributed by atoms with E-state index in [2.05, 4.69) is 5.32 Å². The van der Waals surface area contributed by atoms with Crippen molar-refractivity contribution >= 4 is 5.91 Å². The Morgan fingerprint density at radius 2 is 2.11 bits per heavy atom. The van der Waals surface area contributed by atoms with Crippen molar-refractivity contribution in [2.75, 3.05) is 6.61 Å². The van der Waals surface area contributed by atoms with Gasteiger partial charge in [0, 0.05) is 18.6 Å². The minimum absolute atomic E-state index is 0.0113. The summed E-state index contributed by atoms with van der Waals surface area (Å²) in [6, 6.07) is 3.44. The van der Waals surface area contributed by atoms with Gasteiger partial charge in [0.15, 0.2) is 11.6 Å². The molecule has 2 unspecified atom stereocenters. The zero-order valence-corrected chi connectivity index (χ0v) is 10.5. The van der Waals surface area contributed by atoms with Crippen LogP contribution < -0.4 is 5.32 Å². The number of carbonyl (C=O) groups excluding carboxylic acids is 1. The average Bonchev–Trinajstić information content (AvgIpc) is 2.81. The van der Waals surface area contributed by atoms with Crippen LogP contribution >= 0.6 is 0 Å². The summed E-state index contributed by atoms with van der Waals surface area (Å²) in [4.78, 5) is 11.8. The van der Waals surface area contributed by atoms with Crippen molar-refractivity contribution in [3.05, 3.63) is 35.4 Å². The topological polar surface area (TPSA) is 49.3 Å². The van der Waals surface area contributed by atoms with Crippen molar-refractivity contribution in [2.45, 2.75) is 31.7 Å². The maximum atomic E-state index is 13.0. The van der Waals surface area contributed by atoms with Crippen LogP contribution in [0.1, 0.15) is 24.8 Å². The molecule has 0 bridgehead atoms. The van der Waals surface area contributed by atoms with E-state index in [1.54, 1.807) is 0 Å². The molecule has 1 saturated carbocycles. The molecular formula is C14H17F2NO2. The van der Waals surface area contributed by atoms with Crippen molar-refractivity contribution in [1.82, 2.24) is 5.32 Å². The number of amides is 1. The molecule has 19 heavy (non-hydrogen) atoms. The first-order valence-corrected chi connectivity index (χ1v) is 6.44. The summed E-state index contributed by atoms with van der Waals surface area (Å²) in [5.74, 6) is -1.98. The van der Waals surface area contributed by atoms with Crippen molar-refractivity contribution in [3.8, 4) is 0 Å². The number of hydrogen-bond donors (Lipinski definition) is 2. The van der Waals surface area contributed by atoms with Crippen LogP contribution in [0.4, 0.5) is 8.78 Å². The first kappa shape index (κ1) is 13.9. The van der Waals surface area contributed by atoms with Crippen molar-refractivity contribution in [2.24, 2.45) is 5.92 Å². The Bertz CT molecular complexity index is 465. The molecule has 0 heterocycles. The molecule has 1 amide bonds. The summed E-state index contributed by atoms with van der Waals surface area (Å²) in [6.45, 7) is 0.0656. The van der Waals surface area contributed by atoms with E-state index in [1.807, 2.05) is 0 Å². The highest BCUT2D eigenvalue weighted by molar-refractivity contribution is 5.78. The predicted octanol–water partition coefficient (Wildman–Crippen LogP) is 1.78. The highest BCUT2D eigenvalue weighted by Crippen LogP contribution is 2.25. The second-order valence-electron chi connectivity index (χ2n) is 4.97. The fourth-order valence-corrected chi connectivity index (χ4v) is 2.54. The van der Waals surface area contributed by atoms with Crippen LogP contribution in [0.25, 0.3) is 0 Å². The van der Waals surface area contributed by atoms with E-state index in [9.17, 15) is 13.6 Å². The van der Waals surface area contributed by atoms with Crippen LogP contribution in [0, 0.1) is 17.6 Å². The van der Waals surface area contributed by atoms with Gasteiger partial charge in [-0.3, -0.25) is 4.79 Å². The number of benzene rings is 1. The van der Waals surface area contributed by atoms with E-state index in [1.165, 1.54) is 6.07 Å². The second-order valence-corrected chi connectivity index (χ2v) is 4.97. The Morgan fingerprint density at radius 3 is 2.79 bits per heavy atom. The van der Waals surface area contributed by atoms with E-state index in [4.69, 9.17) is 5.11 Å². The fourth-order valence-electron chi connectivity index (χ4n) is 2.54. The Labute approximate surface area is 110 Å². The molecule has 1 aliphatic rings. The van der Waals surface area contributed by atoms with E-state index >= 15 is 0 Å². The molecular weight excluding hydrogens is 252 g/mol. The molecule has 1 aromatic rings. The summed E-state index contributed by atoms with van der Waals surface area (Å²) >= 11 is 0. The van der Waals surface area contributed by atoms with Crippen LogP contribution in [0.15, 0.2) is 18.2 Å². The second kappa shape index (κ2) is 6.10. The number of carbonyl (C=O) groups is 1. The molecule has 1 aliphatic carbocycles. The summed E-state index contributed by atoms with van der Waals surface area (Å²) in [7, 11) is 0. The van der Waals surface area contributed by atoms with E-state index in [-0.39, 0.29) is 30.9 Å². The van der Waals surface area contributed by atoms with Crippen molar-refractivity contribution in [1.29, 1.82) is 0 Å². The number of aliphatic hydroxyl groups excluding tert-OH is 1. The van der Waals surface area contributed by atoms with Gasteiger partial charge in [-0.05, 0) is 30.5 Å². The fraction of sp³-hybridized carbons (Fsp3) is 0.500. The lowest BCUT2D eigenvalue weighted by atomic mass is 10.0. The summed E-state index contributed by atoms with van der Waals surface area (Å²) in [6.07, 6.45) is 2.77. The predicted molar refractivity (Wildman–Crippen MR) is 66.4 cm³/mol. The van der Waals surface area contributed by atoms with Crippen molar-refractivity contribution < 1.29 is 18.7 Å². The van der Waals surface area contributed by atoms with Crippen LogP contribution in [0.2, 0.25) is 0 Å². The molecule has 3 nitrogen and oxygen atoms in total. The standard InChI is InChI=1S/C14H17F2NO2/c15-11-5-4-9(6-12(11)16)7-14(19)17-13-3-1-2-10(13)8-18/h4-6,10,13,18H,1-3,7-8H2,(H,17,19). The van der Waals surface area contributed by atoms with Crippen LogP contribution in [-0.4, -0.2) is 23.7 Å². The normalized spacial score (nSPS) is 22.5. The third kappa shape index (κ3) is 3.50. The lowest BCUT2D eigenvalue weighted by Crippen LogP contribution is -2.39. The third-order valence-corrected chi connectivity index (χ3v) is 3.59. The SMILES string of the molecule is O=C(Cc1ccc(F)c(F)c1)NC1CCCC1CO. The molecule has 2 rings (SSSR count). The van der Waals surface area contributed by atoms with Gasteiger partial charge in [-0.2, -0.15) is 0 Å². The van der Waals surface area contributed by atoms with E-state index in [0.29, 0.717) is 5.56 Å². The molecule has 104 valence electrons. The van der Waals surface area contributed by atoms with Gasteiger partial charge in [0.05, 0.1) is 6.42 Å². The van der Waals surface area contributed by atoms with Gasteiger partial charge in [-0.15, -0.1) is 0 Å². The number of aliphatic hydroxyl groups is 1. The van der Waals surface area contributed by atoms with Gasteiger partial charge >= 0.3 is 0 Å². The number of nitrogens with one attached hydrogen (secondary N) is 1. The molecule has 0 radical (unpaired) electrons. The van der Waals surface area contributed by atoms with E-state index in [0.717, 1.165) is 31.4 Å². The third-order valence-electron chi connectivity index (χ3n) is 3.59. The largest absolute Gasteiger partial charge is 0.396 e. The smallest absolute Gasteiger partial charge is 0.224 e. The molecule has 0 spiro atoms. The highest BCUT2D eigenvalue weighted by Gasteiger charge is 2.27. The van der Waals surface area contributed by atoms with Gasteiger partial charge in [0.25, 0.3) is 0 Å². The Kier molecular flexibility index (Phi) is 4.47. The Morgan fingerprint density at radius 1 is 1.32 bits per heavy atom. The van der Waals surface area contributed by atoms with Crippen LogP contribution in [0.3, 0.4) is 0 Å². The lowest BCUT2D eigenvalue weighted by molar-refractivity contribution is -0.121. The molecule has 1 fully saturated rings. The van der Waals surface area contributed by atoms with Crippen molar-refractivity contribution in [3.63, 3.8) is 0 Å². The Hall–Kier alpha value is -1.49. The first-order chi connectivity index (χ1) is 9.10. The monoisotopic (exact) mass is 269 g/mol. The minimum Gasteiger partial charge on any atom is -0.396 e. The molecule has 2 atom stereocenters. The summed E-state index contributed by atoms with van der Waals surface area (Å²) < 4.78 is 25.8. The molecule has 2 N–H and O–H groups in total. The van der Waals surface area contributed by atoms with Gasteiger partial charge in [0.2, 0.25) is 5.91 Å². The van der Waals surface area contributed by atoms with Gasteiger partial charge in [0.1, 0.15) is 0 Å². The zero-order chi connectivity index (χ0) is 13.8. The van der Waals surface area contributed by atoms with Gasteiger partial charge < -0.3 is 10.4 Å². The quantitative estimate of drug-likeness (QED) is 0.875. The highest BCUT2D eigenvalue weighted by atomic mass is 19.2. The molecule has 1 aromatic carbocycles. The Balaban J connectivity index is 1.92. The van der Waals surface area contributed by atoms with Crippen LogP contribution in [0.5, 0.6) is 0 Å². The number of rotatable bonds is 4. The maximum absolute atomic E-state index is 13.0. The minimum atomic E-state index is -0.945. The zero-order valence-electron chi connectivity index (χ0n) is 10.5.